The molecule has 2 aromatic carbocycles. The first-order chi connectivity index (χ1) is 10.0. The molecule has 0 aromatic heterocycles. The summed E-state index contributed by atoms with van der Waals surface area (Å²) in [4.78, 5) is 0.201. The Labute approximate surface area is 125 Å². The lowest BCUT2D eigenvalue weighted by Gasteiger charge is -2.14. The first kappa shape index (κ1) is 15.2. The van der Waals surface area contributed by atoms with E-state index in [0.717, 1.165) is 11.1 Å². The number of sulfonamides is 1. The molecule has 0 aliphatic heterocycles. The van der Waals surface area contributed by atoms with Crippen molar-refractivity contribution in [3.8, 4) is 6.07 Å². The Bertz CT molecular complexity index is 732. The second-order valence-corrected chi connectivity index (χ2v) is 6.45. The molecule has 0 amide bonds. The van der Waals surface area contributed by atoms with Crippen molar-refractivity contribution >= 4 is 10.0 Å². The van der Waals surface area contributed by atoms with Gasteiger partial charge in [0, 0.05) is 6.04 Å². The summed E-state index contributed by atoms with van der Waals surface area (Å²) >= 11 is 0. The van der Waals surface area contributed by atoms with Crippen molar-refractivity contribution in [2.24, 2.45) is 0 Å². The van der Waals surface area contributed by atoms with E-state index in [1.165, 1.54) is 12.1 Å². The van der Waals surface area contributed by atoms with Crippen LogP contribution in [0.5, 0.6) is 0 Å². The number of nitrogens with zero attached hydrogens (tertiary/aromatic N) is 1. The number of nitrogens with one attached hydrogen (secondary N) is 1. The number of rotatable bonds is 5. The summed E-state index contributed by atoms with van der Waals surface area (Å²) in [5, 5.41) is 8.61. The summed E-state index contributed by atoms with van der Waals surface area (Å²) in [6, 6.07) is 17.5. The van der Waals surface area contributed by atoms with Crippen LogP contribution in [0, 0.1) is 11.3 Å². The fraction of sp³-hybridized carbons (Fsp3) is 0.188. The largest absolute Gasteiger partial charge is 0.241 e. The lowest BCUT2D eigenvalue weighted by molar-refractivity contribution is 0.567. The van der Waals surface area contributed by atoms with E-state index in [-0.39, 0.29) is 17.4 Å². The third-order valence-electron chi connectivity index (χ3n) is 3.15. The van der Waals surface area contributed by atoms with E-state index in [2.05, 4.69) is 4.72 Å². The summed E-state index contributed by atoms with van der Waals surface area (Å²) in [6.45, 7) is 1.80. The van der Waals surface area contributed by atoms with Crippen LogP contribution in [0.1, 0.15) is 24.1 Å². The summed E-state index contributed by atoms with van der Waals surface area (Å²) in [5.41, 5.74) is 1.70. The Morgan fingerprint density at radius 1 is 1.10 bits per heavy atom. The van der Waals surface area contributed by atoms with E-state index < -0.39 is 10.0 Å². The maximum atomic E-state index is 12.3. The zero-order valence-electron chi connectivity index (χ0n) is 11.7. The van der Waals surface area contributed by atoms with E-state index in [1.54, 1.807) is 19.1 Å². The quantitative estimate of drug-likeness (QED) is 0.923. The molecule has 4 nitrogen and oxygen atoms in total. The van der Waals surface area contributed by atoms with Crippen molar-refractivity contribution in [1.29, 1.82) is 5.26 Å². The van der Waals surface area contributed by atoms with Gasteiger partial charge in [-0.15, -0.1) is 0 Å². The standard InChI is InChI=1S/C16H16N2O2S/c1-13(15-5-3-2-4-6-15)18-21(19,20)16-9-7-14(8-10-16)11-12-17/h2-10,13,18H,11H2,1H3/t13-/m1/s1. The molecule has 2 rings (SSSR count). The lowest BCUT2D eigenvalue weighted by atomic mass is 10.1. The van der Waals surface area contributed by atoms with Crippen molar-refractivity contribution in [1.82, 2.24) is 4.72 Å². The molecular weight excluding hydrogens is 284 g/mol. The minimum absolute atomic E-state index is 0.201. The number of nitriles is 1. The first-order valence-corrected chi connectivity index (χ1v) is 8.04. The van der Waals surface area contributed by atoms with E-state index >= 15 is 0 Å². The molecule has 0 aliphatic carbocycles. The average Bonchev–Trinajstić information content (AvgIpc) is 2.48. The summed E-state index contributed by atoms with van der Waals surface area (Å²) in [5.74, 6) is 0. The molecule has 108 valence electrons. The van der Waals surface area contributed by atoms with Gasteiger partial charge >= 0.3 is 0 Å². The minimum Gasteiger partial charge on any atom is -0.207 e. The van der Waals surface area contributed by atoms with E-state index in [9.17, 15) is 8.42 Å². The van der Waals surface area contributed by atoms with Gasteiger partial charge in [-0.1, -0.05) is 42.5 Å². The minimum atomic E-state index is -3.57. The van der Waals surface area contributed by atoms with E-state index in [4.69, 9.17) is 5.26 Å². The molecule has 0 aliphatic rings. The van der Waals surface area contributed by atoms with Gasteiger partial charge in [0.05, 0.1) is 17.4 Å². The molecule has 1 N–H and O–H groups in total. The number of hydrogen-bond donors (Lipinski definition) is 1. The van der Waals surface area contributed by atoms with Crippen LogP contribution < -0.4 is 4.72 Å². The van der Waals surface area contributed by atoms with Crippen molar-refractivity contribution in [2.75, 3.05) is 0 Å². The SMILES string of the molecule is C[C@@H](NS(=O)(=O)c1ccc(CC#N)cc1)c1ccccc1. The van der Waals surface area contributed by atoms with Crippen LogP contribution in [0.2, 0.25) is 0 Å². The van der Waals surface area contributed by atoms with Gasteiger partial charge in [0.25, 0.3) is 0 Å². The maximum Gasteiger partial charge on any atom is 0.241 e. The van der Waals surface area contributed by atoms with Gasteiger partial charge < -0.3 is 0 Å². The maximum absolute atomic E-state index is 12.3. The summed E-state index contributed by atoms with van der Waals surface area (Å²) in [6.07, 6.45) is 0.272. The van der Waals surface area contributed by atoms with Crippen LogP contribution in [0.3, 0.4) is 0 Å². The van der Waals surface area contributed by atoms with Crippen LogP contribution >= 0.6 is 0 Å². The summed E-state index contributed by atoms with van der Waals surface area (Å²) in [7, 11) is -3.57. The topological polar surface area (TPSA) is 70.0 Å². The van der Waals surface area contributed by atoms with Crippen molar-refractivity contribution in [3.05, 3.63) is 65.7 Å². The van der Waals surface area contributed by atoms with Crippen molar-refractivity contribution in [3.63, 3.8) is 0 Å². The van der Waals surface area contributed by atoms with Gasteiger partial charge in [0.2, 0.25) is 10.0 Å². The van der Waals surface area contributed by atoms with Crippen LogP contribution in [0.15, 0.2) is 59.5 Å². The molecule has 0 saturated carbocycles. The zero-order chi connectivity index (χ0) is 15.3. The van der Waals surface area contributed by atoms with E-state index in [0.29, 0.717) is 0 Å². The highest BCUT2D eigenvalue weighted by atomic mass is 32.2. The van der Waals surface area contributed by atoms with E-state index in [1.807, 2.05) is 36.4 Å². The third-order valence-corrected chi connectivity index (χ3v) is 4.70. The van der Waals surface area contributed by atoms with Gasteiger partial charge in [-0.05, 0) is 30.2 Å². The van der Waals surface area contributed by atoms with Gasteiger partial charge in [-0.3, -0.25) is 0 Å². The Kier molecular flexibility index (Phi) is 4.73. The smallest absolute Gasteiger partial charge is 0.207 e. The predicted molar refractivity (Wildman–Crippen MR) is 80.9 cm³/mol. The number of hydrogen-bond acceptors (Lipinski definition) is 3. The van der Waals surface area contributed by atoms with Crippen LogP contribution in [-0.2, 0) is 16.4 Å². The third kappa shape index (κ3) is 3.91. The van der Waals surface area contributed by atoms with Gasteiger partial charge in [0.15, 0.2) is 0 Å². The monoisotopic (exact) mass is 300 g/mol. The molecule has 0 spiro atoms. The molecule has 21 heavy (non-hydrogen) atoms. The molecular formula is C16H16N2O2S. The normalized spacial score (nSPS) is 12.6. The first-order valence-electron chi connectivity index (χ1n) is 6.56. The molecule has 0 saturated heterocycles. The highest BCUT2D eigenvalue weighted by molar-refractivity contribution is 7.89. The zero-order valence-corrected chi connectivity index (χ0v) is 12.5. The number of benzene rings is 2. The van der Waals surface area contributed by atoms with Gasteiger partial charge in [0.1, 0.15) is 0 Å². The van der Waals surface area contributed by atoms with Crippen molar-refractivity contribution < 1.29 is 8.42 Å². The second kappa shape index (κ2) is 6.53. The Morgan fingerprint density at radius 3 is 2.29 bits per heavy atom. The lowest BCUT2D eigenvalue weighted by Crippen LogP contribution is -2.26. The highest BCUT2D eigenvalue weighted by Gasteiger charge is 2.18. The summed E-state index contributed by atoms with van der Waals surface area (Å²) < 4.78 is 27.3. The molecule has 0 heterocycles. The van der Waals surface area contributed by atoms with Gasteiger partial charge in [-0.2, -0.15) is 5.26 Å². The van der Waals surface area contributed by atoms with Crippen LogP contribution in [0.4, 0.5) is 0 Å². The fourth-order valence-electron chi connectivity index (χ4n) is 1.99. The molecule has 0 bridgehead atoms. The van der Waals surface area contributed by atoms with Crippen LogP contribution in [0.25, 0.3) is 0 Å². The fourth-order valence-corrected chi connectivity index (χ4v) is 3.22. The molecule has 0 unspecified atom stereocenters. The average molecular weight is 300 g/mol. The molecule has 0 fully saturated rings. The Hall–Kier alpha value is -2.16. The second-order valence-electron chi connectivity index (χ2n) is 4.73. The van der Waals surface area contributed by atoms with Crippen molar-refractivity contribution in [2.45, 2.75) is 24.3 Å². The van der Waals surface area contributed by atoms with Crippen LogP contribution in [-0.4, -0.2) is 8.42 Å². The predicted octanol–water partition coefficient (Wildman–Crippen LogP) is 2.79. The molecule has 2 aromatic rings. The molecule has 0 radical (unpaired) electrons. The Morgan fingerprint density at radius 2 is 1.71 bits per heavy atom. The van der Waals surface area contributed by atoms with Gasteiger partial charge in [-0.25, -0.2) is 13.1 Å². The highest BCUT2D eigenvalue weighted by Crippen LogP contribution is 2.17. The molecule has 1 atom stereocenters. The Balaban J connectivity index is 2.17. The molecule has 5 heteroatoms.